The first-order valence-corrected chi connectivity index (χ1v) is 5.66. The predicted molar refractivity (Wildman–Crippen MR) is 67.4 cm³/mol. The normalized spacial score (nSPS) is 12.7. The van der Waals surface area contributed by atoms with Gasteiger partial charge in [0.2, 0.25) is 0 Å². The van der Waals surface area contributed by atoms with E-state index in [9.17, 15) is 4.79 Å². The number of rotatable bonds is 4. The smallest absolute Gasteiger partial charge is 0.330 e. The van der Waals surface area contributed by atoms with Crippen LogP contribution >= 0.6 is 0 Å². The van der Waals surface area contributed by atoms with Crippen molar-refractivity contribution >= 4 is 5.97 Å². The van der Waals surface area contributed by atoms with Crippen LogP contribution in [0.4, 0.5) is 0 Å². The zero-order valence-corrected chi connectivity index (χ0v) is 11.5. The highest BCUT2D eigenvalue weighted by Crippen LogP contribution is 2.23. The summed E-state index contributed by atoms with van der Waals surface area (Å²) < 4.78 is 5.01. The number of ether oxygens (including phenoxy) is 1. The standard InChI is InChI=1S/C13H25NO2/c1-8-11(15)16-10-9-14(12(2,3)4)13(5,6)7/h8H,1,9-10H2,2-7H3. The van der Waals surface area contributed by atoms with Crippen molar-refractivity contribution in [3.63, 3.8) is 0 Å². The van der Waals surface area contributed by atoms with E-state index >= 15 is 0 Å². The zero-order valence-electron chi connectivity index (χ0n) is 11.5. The molecular weight excluding hydrogens is 202 g/mol. The van der Waals surface area contributed by atoms with E-state index in [0.717, 1.165) is 6.54 Å². The van der Waals surface area contributed by atoms with Crippen LogP contribution in [-0.2, 0) is 9.53 Å². The van der Waals surface area contributed by atoms with Gasteiger partial charge in [0.15, 0.2) is 0 Å². The molecule has 0 aromatic rings. The fraction of sp³-hybridized carbons (Fsp3) is 0.769. The van der Waals surface area contributed by atoms with Gasteiger partial charge in [-0.25, -0.2) is 4.79 Å². The van der Waals surface area contributed by atoms with E-state index in [1.807, 2.05) is 0 Å². The van der Waals surface area contributed by atoms with Crippen LogP contribution in [0.15, 0.2) is 12.7 Å². The summed E-state index contributed by atoms with van der Waals surface area (Å²) >= 11 is 0. The molecule has 3 nitrogen and oxygen atoms in total. The van der Waals surface area contributed by atoms with Gasteiger partial charge in [-0.15, -0.1) is 0 Å². The summed E-state index contributed by atoms with van der Waals surface area (Å²) in [5.74, 6) is -0.359. The van der Waals surface area contributed by atoms with Gasteiger partial charge in [-0.3, -0.25) is 4.90 Å². The molecule has 0 spiro atoms. The van der Waals surface area contributed by atoms with Crippen molar-refractivity contribution in [2.24, 2.45) is 0 Å². The summed E-state index contributed by atoms with van der Waals surface area (Å²) in [4.78, 5) is 13.2. The topological polar surface area (TPSA) is 29.5 Å². The first kappa shape index (κ1) is 15.2. The van der Waals surface area contributed by atoms with Gasteiger partial charge in [0.25, 0.3) is 0 Å². The largest absolute Gasteiger partial charge is 0.461 e. The molecule has 0 aliphatic rings. The second-order valence-corrected chi connectivity index (χ2v) is 5.86. The summed E-state index contributed by atoms with van der Waals surface area (Å²) in [5, 5.41) is 0. The van der Waals surface area contributed by atoms with E-state index in [0.29, 0.717) is 6.61 Å². The van der Waals surface area contributed by atoms with E-state index < -0.39 is 0 Å². The van der Waals surface area contributed by atoms with Gasteiger partial charge in [-0.2, -0.15) is 0 Å². The van der Waals surface area contributed by atoms with Gasteiger partial charge in [-0.05, 0) is 41.5 Å². The van der Waals surface area contributed by atoms with Crippen molar-refractivity contribution in [1.82, 2.24) is 4.90 Å². The third kappa shape index (κ3) is 5.31. The van der Waals surface area contributed by atoms with Crippen LogP contribution in [0.3, 0.4) is 0 Å². The molecule has 0 aromatic carbocycles. The van der Waals surface area contributed by atoms with Crippen LogP contribution in [0, 0.1) is 0 Å². The molecule has 0 radical (unpaired) electrons. The van der Waals surface area contributed by atoms with Crippen molar-refractivity contribution in [1.29, 1.82) is 0 Å². The minimum atomic E-state index is -0.359. The minimum absolute atomic E-state index is 0.0544. The van der Waals surface area contributed by atoms with Gasteiger partial charge in [0, 0.05) is 23.7 Å². The average Bonchev–Trinajstić information content (AvgIpc) is 2.07. The van der Waals surface area contributed by atoms with E-state index in [2.05, 4.69) is 53.0 Å². The van der Waals surface area contributed by atoms with Crippen molar-refractivity contribution < 1.29 is 9.53 Å². The molecule has 0 saturated heterocycles. The Hall–Kier alpha value is -0.830. The van der Waals surface area contributed by atoms with E-state index in [4.69, 9.17) is 4.74 Å². The summed E-state index contributed by atoms with van der Waals surface area (Å²) in [6, 6.07) is 0. The zero-order chi connectivity index (χ0) is 13.0. The Morgan fingerprint density at radius 3 is 1.94 bits per heavy atom. The second-order valence-electron chi connectivity index (χ2n) is 5.86. The van der Waals surface area contributed by atoms with Crippen molar-refractivity contribution in [2.45, 2.75) is 52.6 Å². The molecule has 0 atom stereocenters. The molecule has 0 bridgehead atoms. The van der Waals surface area contributed by atoms with Gasteiger partial charge in [-0.1, -0.05) is 6.58 Å². The Kier molecular flexibility index (Phi) is 5.20. The van der Waals surface area contributed by atoms with Gasteiger partial charge in [0.1, 0.15) is 6.61 Å². The van der Waals surface area contributed by atoms with Crippen LogP contribution in [-0.4, -0.2) is 35.1 Å². The lowest BCUT2D eigenvalue weighted by atomic mass is 9.96. The third-order valence-corrected chi connectivity index (χ3v) is 2.35. The summed E-state index contributed by atoms with van der Waals surface area (Å²) in [5.41, 5.74) is 0.109. The van der Waals surface area contributed by atoms with E-state index in [1.165, 1.54) is 6.08 Å². The molecule has 3 heteroatoms. The highest BCUT2D eigenvalue weighted by Gasteiger charge is 2.30. The second kappa shape index (κ2) is 5.48. The maximum absolute atomic E-state index is 10.9. The number of hydrogen-bond acceptors (Lipinski definition) is 3. The first-order chi connectivity index (χ1) is 7.09. The number of nitrogens with zero attached hydrogens (tertiary/aromatic N) is 1. The van der Waals surface area contributed by atoms with Crippen molar-refractivity contribution in [2.75, 3.05) is 13.2 Å². The molecule has 94 valence electrons. The number of esters is 1. The van der Waals surface area contributed by atoms with Crippen LogP contribution in [0.25, 0.3) is 0 Å². The number of carbonyl (C=O) groups is 1. The Bertz CT molecular complexity index is 232. The van der Waals surface area contributed by atoms with Gasteiger partial charge in [0.05, 0.1) is 0 Å². The number of carbonyl (C=O) groups excluding carboxylic acids is 1. The SMILES string of the molecule is C=CC(=O)OCCN(C(C)(C)C)C(C)(C)C. The highest BCUT2D eigenvalue weighted by atomic mass is 16.5. The molecule has 0 aliphatic carbocycles. The average molecular weight is 227 g/mol. The maximum atomic E-state index is 10.9. The Labute approximate surface area is 99.5 Å². The molecule has 0 aromatic heterocycles. The molecule has 0 fully saturated rings. The first-order valence-electron chi connectivity index (χ1n) is 5.66. The molecule has 0 saturated carbocycles. The highest BCUT2D eigenvalue weighted by molar-refractivity contribution is 5.81. The van der Waals surface area contributed by atoms with Crippen molar-refractivity contribution in [3.05, 3.63) is 12.7 Å². The lowest BCUT2D eigenvalue weighted by molar-refractivity contribution is -0.139. The van der Waals surface area contributed by atoms with Crippen LogP contribution in [0.2, 0.25) is 0 Å². The summed E-state index contributed by atoms with van der Waals surface area (Å²) in [6.07, 6.45) is 1.19. The Morgan fingerprint density at radius 1 is 1.19 bits per heavy atom. The monoisotopic (exact) mass is 227 g/mol. The Balaban J connectivity index is 4.37. The fourth-order valence-corrected chi connectivity index (χ4v) is 1.97. The molecule has 0 N–H and O–H groups in total. The summed E-state index contributed by atoms with van der Waals surface area (Å²) in [6.45, 7) is 17.5. The summed E-state index contributed by atoms with van der Waals surface area (Å²) in [7, 11) is 0. The molecule has 0 aliphatic heterocycles. The molecule has 0 rings (SSSR count). The van der Waals surface area contributed by atoms with Crippen LogP contribution < -0.4 is 0 Å². The minimum Gasteiger partial charge on any atom is -0.461 e. The lowest BCUT2D eigenvalue weighted by Crippen LogP contribution is -2.53. The van der Waals surface area contributed by atoms with Crippen LogP contribution in [0.5, 0.6) is 0 Å². The van der Waals surface area contributed by atoms with Crippen LogP contribution in [0.1, 0.15) is 41.5 Å². The van der Waals surface area contributed by atoms with Crippen molar-refractivity contribution in [3.8, 4) is 0 Å². The Morgan fingerprint density at radius 2 is 1.62 bits per heavy atom. The fourth-order valence-electron chi connectivity index (χ4n) is 1.97. The molecule has 0 amide bonds. The quantitative estimate of drug-likeness (QED) is 0.546. The maximum Gasteiger partial charge on any atom is 0.330 e. The number of hydrogen-bond donors (Lipinski definition) is 0. The molecule has 0 heterocycles. The van der Waals surface area contributed by atoms with Gasteiger partial charge >= 0.3 is 5.97 Å². The van der Waals surface area contributed by atoms with E-state index in [1.54, 1.807) is 0 Å². The third-order valence-electron chi connectivity index (χ3n) is 2.35. The molecule has 16 heavy (non-hydrogen) atoms. The molecule has 0 unspecified atom stereocenters. The van der Waals surface area contributed by atoms with Gasteiger partial charge < -0.3 is 4.74 Å². The predicted octanol–water partition coefficient (Wildman–Crippen LogP) is 2.61. The molecular formula is C13H25NO2. The van der Waals surface area contributed by atoms with E-state index in [-0.39, 0.29) is 17.0 Å². The lowest BCUT2D eigenvalue weighted by Gasteiger charge is -2.45.